The molecule has 144 valence electrons. The molecule has 1 fully saturated rings. The number of benzene rings is 2. The van der Waals surface area contributed by atoms with Crippen molar-refractivity contribution < 1.29 is 19.1 Å². The number of carbonyl (C=O) groups excluding carboxylic acids is 2. The van der Waals surface area contributed by atoms with Gasteiger partial charge in [0.2, 0.25) is 11.8 Å². The number of hydrogen-bond acceptors (Lipinski definition) is 6. The molecule has 0 aliphatic carbocycles. The first-order valence-corrected chi connectivity index (χ1v) is 9.84. The SMILES string of the molecule is O=C(CC1SC(=Nc2ccc3c(c2)OCCO3)NC1=O)Nc1cccc(Cl)c1. The average Bonchev–Trinajstić information content (AvgIpc) is 3.00. The molecule has 1 atom stereocenters. The molecule has 2 heterocycles. The van der Waals surface area contributed by atoms with Gasteiger partial charge in [0.05, 0.1) is 5.69 Å². The number of anilines is 1. The van der Waals surface area contributed by atoms with Gasteiger partial charge in [0.1, 0.15) is 18.5 Å². The molecule has 1 saturated heterocycles. The van der Waals surface area contributed by atoms with Crippen LogP contribution in [0.25, 0.3) is 0 Å². The van der Waals surface area contributed by atoms with Gasteiger partial charge in [-0.2, -0.15) is 0 Å². The maximum atomic E-state index is 12.2. The van der Waals surface area contributed by atoms with E-state index in [1.807, 2.05) is 0 Å². The monoisotopic (exact) mass is 417 g/mol. The van der Waals surface area contributed by atoms with E-state index < -0.39 is 5.25 Å². The molecule has 0 spiro atoms. The molecule has 0 aromatic heterocycles. The summed E-state index contributed by atoms with van der Waals surface area (Å²) in [6.07, 6.45) is 0.0309. The van der Waals surface area contributed by atoms with Crippen molar-refractivity contribution in [2.24, 2.45) is 4.99 Å². The zero-order chi connectivity index (χ0) is 19.5. The number of ether oxygens (including phenoxy) is 2. The Morgan fingerprint density at radius 3 is 2.86 bits per heavy atom. The Morgan fingerprint density at radius 1 is 1.21 bits per heavy atom. The van der Waals surface area contributed by atoms with Crippen LogP contribution in [-0.2, 0) is 9.59 Å². The summed E-state index contributed by atoms with van der Waals surface area (Å²) >= 11 is 7.13. The molecule has 2 amide bonds. The summed E-state index contributed by atoms with van der Waals surface area (Å²) in [5.74, 6) is 0.784. The maximum absolute atomic E-state index is 12.2. The van der Waals surface area contributed by atoms with Crippen molar-refractivity contribution in [3.63, 3.8) is 0 Å². The van der Waals surface area contributed by atoms with Crippen LogP contribution < -0.4 is 20.1 Å². The van der Waals surface area contributed by atoms with Gasteiger partial charge < -0.3 is 20.1 Å². The van der Waals surface area contributed by atoms with E-state index in [-0.39, 0.29) is 18.2 Å². The third-order valence-corrected chi connectivity index (χ3v) is 5.33. The van der Waals surface area contributed by atoms with Crippen LogP contribution in [0.1, 0.15) is 6.42 Å². The molecule has 2 aliphatic heterocycles. The highest BCUT2D eigenvalue weighted by Gasteiger charge is 2.32. The van der Waals surface area contributed by atoms with Crippen molar-refractivity contribution >= 4 is 51.7 Å². The predicted molar refractivity (Wildman–Crippen MR) is 109 cm³/mol. The molecular weight excluding hydrogens is 402 g/mol. The number of amidine groups is 1. The first kappa shape index (κ1) is 18.6. The lowest BCUT2D eigenvalue weighted by atomic mass is 10.2. The number of nitrogens with zero attached hydrogens (tertiary/aromatic N) is 1. The van der Waals surface area contributed by atoms with Crippen molar-refractivity contribution in [3.8, 4) is 11.5 Å². The molecule has 28 heavy (non-hydrogen) atoms. The Labute approximate surface area is 170 Å². The minimum Gasteiger partial charge on any atom is -0.486 e. The van der Waals surface area contributed by atoms with Crippen molar-refractivity contribution in [3.05, 3.63) is 47.5 Å². The number of rotatable bonds is 4. The van der Waals surface area contributed by atoms with Gasteiger partial charge in [-0.25, -0.2) is 4.99 Å². The summed E-state index contributed by atoms with van der Waals surface area (Å²) in [5, 5.41) is 5.88. The molecule has 2 aromatic carbocycles. The van der Waals surface area contributed by atoms with Gasteiger partial charge in [0.25, 0.3) is 0 Å². The molecule has 0 radical (unpaired) electrons. The Balaban J connectivity index is 1.39. The molecule has 1 unspecified atom stereocenters. The fraction of sp³-hybridized carbons (Fsp3) is 0.211. The van der Waals surface area contributed by atoms with Crippen LogP contribution in [0.4, 0.5) is 11.4 Å². The number of amides is 2. The number of hydrogen-bond donors (Lipinski definition) is 2. The van der Waals surface area contributed by atoms with E-state index in [9.17, 15) is 9.59 Å². The van der Waals surface area contributed by atoms with Crippen molar-refractivity contribution in [2.45, 2.75) is 11.7 Å². The molecule has 9 heteroatoms. The molecule has 2 aliphatic rings. The second-order valence-corrected chi connectivity index (χ2v) is 7.73. The summed E-state index contributed by atoms with van der Waals surface area (Å²) in [6, 6.07) is 12.2. The fourth-order valence-corrected chi connectivity index (χ4v) is 3.94. The number of aliphatic imine (C=N–C) groups is 1. The van der Waals surface area contributed by atoms with E-state index in [1.165, 1.54) is 11.8 Å². The van der Waals surface area contributed by atoms with E-state index in [2.05, 4.69) is 15.6 Å². The van der Waals surface area contributed by atoms with Crippen molar-refractivity contribution in [1.82, 2.24) is 5.32 Å². The smallest absolute Gasteiger partial charge is 0.240 e. The molecular formula is C19H16ClN3O4S. The zero-order valence-electron chi connectivity index (χ0n) is 14.6. The normalized spacial score (nSPS) is 19.4. The highest BCUT2D eigenvalue weighted by Crippen LogP contribution is 2.34. The summed E-state index contributed by atoms with van der Waals surface area (Å²) < 4.78 is 11.0. The van der Waals surface area contributed by atoms with Crippen LogP contribution in [0.2, 0.25) is 5.02 Å². The predicted octanol–water partition coefficient (Wildman–Crippen LogP) is 3.36. The minimum atomic E-state index is -0.546. The largest absolute Gasteiger partial charge is 0.486 e. The summed E-state index contributed by atoms with van der Waals surface area (Å²) in [7, 11) is 0. The molecule has 0 saturated carbocycles. The number of thioether (sulfide) groups is 1. The van der Waals surface area contributed by atoms with Gasteiger partial charge in [0, 0.05) is 23.2 Å². The van der Waals surface area contributed by atoms with Crippen LogP contribution in [0.5, 0.6) is 11.5 Å². The Kier molecular flexibility index (Phi) is 5.40. The second-order valence-electron chi connectivity index (χ2n) is 6.10. The minimum absolute atomic E-state index is 0.0309. The lowest BCUT2D eigenvalue weighted by Gasteiger charge is -2.18. The quantitative estimate of drug-likeness (QED) is 0.796. The topological polar surface area (TPSA) is 89.0 Å². The number of nitrogens with one attached hydrogen (secondary N) is 2. The van der Waals surface area contributed by atoms with Gasteiger partial charge in [0.15, 0.2) is 16.7 Å². The second kappa shape index (κ2) is 8.12. The number of fused-ring (bicyclic) bond motifs is 1. The van der Waals surface area contributed by atoms with E-state index >= 15 is 0 Å². The summed E-state index contributed by atoms with van der Waals surface area (Å²) in [6.45, 7) is 1.01. The average molecular weight is 418 g/mol. The van der Waals surface area contributed by atoms with Crippen LogP contribution >= 0.6 is 23.4 Å². The van der Waals surface area contributed by atoms with E-state index in [0.29, 0.717) is 46.3 Å². The van der Waals surface area contributed by atoms with E-state index in [4.69, 9.17) is 21.1 Å². The molecule has 4 rings (SSSR count). The van der Waals surface area contributed by atoms with Gasteiger partial charge in [-0.15, -0.1) is 0 Å². The van der Waals surface area contributed by atoms with Crippen molar-refractivity contribution in [2.75, 3.05) is 18.5 Å². The van der Waals surface area contributed by atoms with Gasteiger partial charge in [-0.05, 0) is 30.3 Å². The van der Waals surface area contributed by atoms with Crippen molar-refractivity contribution in [1.29, 1.82) is 0 Å². The lowest BCUT2D eigenvalue weighted by Crippen LogP contribution is -2.28. The third kappa shape index (κ3) is 4.40. The standard InChI is InChI=1S/C19H16ClN3O4S/c20-11-2-1-3-12(8-11)21-17(24)10-16-18(25)23-19(28-16)22-13-4-5-14-15(9-13)27-7-6-26-14/h1-5,8-9,16H,6-7,10H2,(H,21,24)(H,22,23,25). The van der Waals surface area contributed by atoms with Crippen LogP contribution in [-0.4, -0.2) is 35.4 Å². The zero-order valence-corrected chi connectivity index (χ0v) is 16.2. The van der Waals surface area contributed by atoms with Crippen LogP contribution in [0.15, 0.2) is 47.5 Å². The first-order valence-electron chi connectivity index (χ1n) is 8.58. The Hall–Kier alpha value is -2.71. The molecule has 2 N–H and O–H groups in total. The first-order chi connectivity index (χ1) is 13.6. The summed E-state index contributed by atoms with van der Waals surface area (Å²) in [4.78, 5) is 28.9. The maximum Gasteiger partial charge on any atom is 0.240 e. The highest BCUT2D eigenvalue weighted by molar-refractivity contribution is 8.15. The van der Waals surface area contributed by atoms with Crippen LogP contribution in [0, 0.1) is 0 Å². The third-order valence-electron chi connectivity index (χ3n) is 4.01. The molecule has 2 aromatic rings. The lowest BCUT2D eigenvalue weighted by molar-refractivity contribution is -0.122. The van der Waals surface area contributed by atoms with Gasteiger partial charge in [-0.1, -0.05) is 29.4 Å². The van der Waals surface area contributed by atoms with Gasteiger partial charge >= 0.3 is 0 Å². The number of halogens is 1. The van der Waals surface area contributed by atoms with Crippen LogP contribution in [0.3, 0.4) is 0 Å². The Bertz CT molecular complexity index is 966. The molecule has 0 bridgehead atoms. The molecule has 7 nitrogen and oxygen atoms in total. The highest BCUT2D eigenvalue weighted by atomic mass is 35.5. The Morgan fingerprint density at radius 2 is 2.04 bits per heavy atom. The summed E-state index contributed by atoms with van der Waals surface area (Å²) in [5.41, 5.74) is 1.22. The van der Waals surface area contributed by atoms with E-state index in [0.717, 1.165) is 0 Å². The van der Waals surface area contributed by atoms with E-state index in [1.54, 1.807) is 42.5 Å². The number of carbonyl (C=O) groups is 2. The fourth-order valence-electron chi connectivity index (χ4n) is 2.76. The van der Waals surface area contributed by atoms with Gasteiger partial charge in [-0.3, -0.25) is 9.59 Å².